The summed E-state index contributed by atoms with van der Waals surface area (Å²) in [5.41, 5.74) is 1.00. The molecule has 0 radical (unpaired) electrons. The molecule has 1 atom stereocenters. The van der Waals surface area contributed by atoms with Crippen molar-refractivity contribution in [3.63, 3.8) is 0 Å². The lowest BCUT2D eigenvalue weighted by molar-refractivity contribution is 0.0696. The van der Waals surface area contributed by atoms with E-state index in [4.69, 9.17) is 21.4 Å². The summed E-state index contributed by atoms with van der Waals surface area (Å²) < 4.78 is 5.67. The van der Waals surface area contributed by atoms with Gasteiger partial charge >= 0.3 is 5.97 Å². The van der Waals surface area contributed by atoms with Crippen molar-refractivity contribution in [2.75, 3.05) is 0 Å². The predicted octanol–water partition coefficient (Wildman–Crippen LogP) is 4.68. The largest absolute Gasteiger partial charge is 0.478 e. The number of pyridine rings is 1. The molecular formula is C14H11BrClNO3. The highest BCUT2D eigenvalue weighted by atomic mass is 79.9. The lowest BCUT2D eigenvalue weighted by atomic mass is 10.1. The number of benzene rings is 1. The Bertz CT molecular complexity index is 629. The molecule has 0 saturated heterocycles. The van der Waals surface area contributed by atoms with E-state index in [9.17, 15) is 4.79 Å². The van der Waals surface area contributed by atoms with E-state index >= 15 is 0 Å². The number of ether oxygens (including phenoxy) is 1. The number of alkyl halides is 1. The first-order chi connectivity index (χ1) is 9.47. The highest BCUT2D eigenvalue weighted by molar-refractivity contribution is 9.09. The molecule has 1 aromatic heterocycles. The number of aromatic nitrogens is 1. The van der Waals surface area contributed by atoms with Gasteiger partial charge in [0, 0.05) is 27.7 Å². The van der Waals surface area contributed by atoms with Crippen LogP contribution in [0.2, 0.25) is 5.02 Å². The first-order valence-corrected chi connectivity index (χ1v) is 7.07. The molecule has 2 rings (SSSR count). The van der Waals surface area contributed by atoms with E-state index in [-0.39, 0.29) is 10.4 Å². The van der Waals surface area contributed by atoms with E-state index in [0.717, 1.165) is 5.56 Å². The fourth-order valence-electron chi connectivity index (χ4n) is 1.60. The van der Waals surface area contributed by atoms with Crippen molar-refractivity contribution in [3.8, 4) is 11.6 Å². The van der Waals surface area contributed by atoms with Gasteiger partial charge in [0.05, 0.1) is 5.56 Å². The molecule has 2 aromatic rings. The summed E-state index contributed by atoms with van der Waals surface area (Å²) in [6.07, 6.45) is 1.25. The van der Waals surface area contributed by atoms with E-state index in [1.165, 1.54) is 18.3 Å². The van der Waals surface area contributed by atoms with Crippen molar-refractivity contribution < 1.29 is 14.6 Å². The van der Waals surface area contributed by atoms with Crippen molar-refractivity contribution in [3.05, 3.63) is 52.7 Å². The monoisotopic (exact) mass is 355 g/mol. The zero-order chi connectivity index (χ0) is 14.7. The van der Waals surface area contributed by atoms with Crippen LogP contribution in [0.15, 0.2) is 36.5 Å². The number of aromatic carboxylic acids is 1. The highest BCUT2D eigenvalue weighted by Crippen LogP contribution is 2.35. The summed E-state index contributed by atoms with van der Waals surface area (Å²) in [5.74, 6) is -0.0774. The minimum absolute atomic E-state index is 0.0643. The third-order valence-electron chi connectivity index (χ3n) is 2.60. The quantitative estimate of drug-likeness (QED) is 0.808. The molecule has 1 aromatic carbocycles. The van der Waals surface area contributed by atoms with Crippen LogP contribution in [0.1, 0.15) is 27.7 Å². The van der Waals surface area contributed by atoms with Crippen molar-refractivity contribution in [1.29, 1.82) is 0 Å². The summed E-state index contributed by atoms with van der Waals surface area (Å²) >= 11 is 9.44. The van der Waals surface area contributed by atoms with Crippen LogP contribution < -0.4 is 4.74 Å². The van der Waals surface area contributed by atoms with E-state index in [0.29, 0.717) is 16.7 Å². The van der Waals surface area contributed by atoms with Crippen LogP contribution in [-0.2, 0) is 0 Å². The van der Waals surface area contributed by atoms with Gasteiger partial charge in [-0.3, -0.25) is 0 Å². The van der Waals surface area contributed by atoms with Gasteiger partial charge in [0.2, 0.25) is 5.88 Å². The predicted molar refractivity (Wildman–Crippen MR) is 80.1 cm³/mol. The van der Waals surface area contributed by atoms with Gasteiger partial charge in [0.1, 0.15) is 5.75 Å². The van der Waals surface area contributed by atoms with Crippen LogP contribution in [0.4, 0.5) is 0 Å². The van der Waals surface area contributed by atoms with Gasteiger partial charge in [-0.05, 0) is 31.2 Å². The molecule has 0 fully saturated rings. The minimum Gasteiger partial charge on any atom is -0.478 e. The maximum absolute atomic E-state index is 10.7. The summed E-state index contributed by atoms with van der Waals surface area (Å²) in [5, 5.41) is 9.43. The minimum atomic E-state index is -1.02. The number of carboxylic acid groups (broad SMARTS) is 1. The zero-order valence-electron chi connectivity index (χ0n) is 10.5. The van der Waals surface area contributed by atoms with Crippen LogP contribution in [-0.4, -0.2) is 16.1 Å². The number of carboxylic acids is 1. The maximum Gasteiger partial charge on any atom is 0.337 e. The molecule has 104 valence electrons. The molecule has 0 amide bonds. The van der Waals surface area contributed by atoms with Crippen molar-refractivity contribution in [1.82, 2.24) is 4.98 Å². The van der Waals surface area contributed by atoms with Crippen LogP contribution >= 0.6 is 27.5 Å². The van der Waals surface area contributed by atoms with Crippen LogP contribution in [0, 0.1) is 0 Å². The molecule has 1 unspecified atom stereocenters. The molecular weight excluding hydrogens is 346 g/mol. The molecule has 1 N–H and O–H groups in total. The number of hydrogen-bond donors (Lipinski definition) is 1. The van der Waals surface area contributed by atoms with Gasteiger partial charge in [0.25, 0.3) is 0 Å². The van der Waals surface area contributed by atoms with Crippen LogP contribution in [0.25, 0.3) is 0 Å². The average molecular weight is 357 g/mol. The molecule has 0 saturated carbocycles. The average Bonchev–Trinajstić information content (AvgIpc) is 2.41. The van der Waals surface area contributed by atoms with E-state index in [2.05, 4.69) is 20.9 Å². The number of hydrogen-bond acceptors (Lipinski definition) is 3. The lowest BCUT2D eigenvalue weighted by Crippen LogP contribution is -1.98. The number of halogens is 2. The molecule has 20 heavy (non-hydrogen) atoms. The fraction of sp³-hybridized carbons (Fsp3) is 0.143. The Hall–Kier alpha value is -1.59. The Morgan fingerprint density at radius 3 is 2.70 bits per heavy atom. The lowest BCUT2D eigenvalue weighted by Gasteiger charge is -2.12. The standard InChI is InChI=1S/C14H11BrClNO3/c1-8(15)11-6-10(16)3-4-12(11)20-13-5-2-9(7-17-13)14(18)19/h2-8H,1H3,(H,18,19). The normalized spacial score (nSPS) is 11.9. The Morgan fingerprint density at radius 1 is 1.40 bits per heavy atom. The number of carbonyl (C=O) groups is 1. The molecule has 0 aliphatic heterocycles. The van der Waals surface area contributed by atoms with Gasteiger partial charge < -0.3 is 9.84 Å². The SMILES string of the molecule is CC(Br)c1cc(Cl)ccc1Oc1ccc(C(=O)O)cn1. The third-order valence-corrected chi connectivity index (χ3v) is 3.33. The first kappa shape index (κ1) is 14.8. The highest BCUT2D eigenvalue weighted by Gasteiger charge is 2.12. The smallest absolute Gasteiger partial charge is 0.337 e. The van der Waals surface area contributed by atoms with Crippen LogP contribution in [0.3, 0.4) is 0 Å². The fourth-order valence-corrected chi connectivity index (χ4v) is 2.14. The zero-order valence-corrected chi connectivity index (χ0v) is 12.9. The molecule has 0 spiro atoms. The summed E-state index contributed by atoms with van der Waals surface area (Å²) in [6.45, 7) is 1.96. The first-order valence-electron chi connectivity index (χ1n) is 5.78. The topological polar surface area (TPSA) is 59.4 Å². The van der Waals surface area contributed by atoms with Crippen molar-refractivity contribution in [2.24, 2.45) is 0 Å². The molecule has 1 heterocycles. The van der Waals surface area contributed by atoms with E-state index in [1.807, 2.05) is 13.0 Å². The molecule has 4 nitrogen and oxygen atoms in total. The number of nitrogens with zero attached hydrogens (tertiary/aromatic N) is 1. The molecule has 0 aliphatic rings. The molecule has 6 heteroatoms. The number of rotatable bonds is 4. The van der Waals surface area contributed by atoms with Gasteiger partial charge in [-0.2, -0.15) is 0 Å². The Balaban J connectivity index is 2.27. The Morgan fingerprint density at radius 2 is 2.15 bits per heavy atom. The Labute approximate surface area is 129 Å². The van der Waals surface area contributed by atoms with Gasteiger partial charge in [-0.1, -0.05) is 27.5 Å². The Kier molecular flexibility index (Phi) is 4.62. The summed E-state index contributed by atoms with van der Waals surface area (Å²) in [4.78, 5) is 14.8. The van der Waals surface area contributed by atoms with Crippen molar-refractivity contribution in [2.45, 2.75) is 11.8 Å². The van der Waals surface area contributed by atoms with Gasteiger partial charge in [0.15, 0.2) is 0 Å². The third kappa shape index (κ3) is 3.49. The van der Waals surface area contributed by atoms with E-state index in [1.54, 1.807) is 12.1 Å². The maximum atomic E-state index is 10.7. The molecule has 0 aliphatic carbocycles. The van der Waals surface area contributed by atoms with Gasteiger partial charge in [-0.25, -0.2) is 9.78 Å². The van der Waals surface area contributed by atoms with Crippen molar-refractivity contribution >= 4 is 33.5 Å². The second-order valence-electron chi connectivity index (χ2n) is 4.09. The second kappa shape index (κ2) is 6.24. The van der Waals surface area contributed by atoms with E-state index < -0.39 is 5.97 Å². The van der Waals surface area contributed by atoms with Gasteiger partial charge in [-0.15, -0.1) is 0 Å². The summed E-state index contributed by atoms with van der Waals surface area (Å²) in [7, 11) is 0. The summed E-state index contributed by atoms with van der Waals surface area (Å²) in [6, 6.07) is 8.24. The second-order valence-corrected chi connectivity index (χ2v) is 5.90. The molecule has 0 bridgehead atoms. The van der Waals surface area contributed by atoms with Crippen LogP contribution in [0.5, 0.6) is 11.6 Å².